The molecule has 1 N–H and O–H groups in total. The average Bonchev–Trinajstić information content (AvgIpc) is 2.33. The Labute approximate surface area is 118 Å². The number of nitrogens with one attached hydrogen (secondary N) is 1. The highest BCUT2D eigenvalue weighted by Gasteiger charge is 2.06. The van der Waals surface area contributed by atoms with Gasteiger partial charge in [0.05, 0.1) is 4.47 Å². The van der Waals surface area contributed by atoms with Crippen molar-refractivity contribution in [2.75, 3.05) is 0 Å². The Morgan fingerprint density at radius 1 is 1.35 bits per heavy atom. The molecule has 1 aromatic carbocycles. The number of nitrogens with zero attached hydrogens (tertiary/aromatic N) is 1. The van der Waals surface area contributed by atoms with E-state index in [-0.39, 0.29) is 0 Å². The predicted octanol–water partition coefficient (Wildman–Crippen LogP) is 4.78. The monoisotopic (exact) mass is 328 g/mol. The summed E-state index contributed by atoms with van der Waals surface area (Å²) < 4.78 is 1.44. The maximum absolute atomic E-state index is 5.86. The van der Waals surface area contributed by atoms with Crippen LogP contribution in [0.25, 0.3) is 11.4 Å². The Hall–Kier alpha value is -0.710. The van der Waals surface area contributed by atoms with Gasteiger partial charge < -0.3 is 4.98 Å². The van der Waals surface area contributed by atoms with Crippen LogP contribution in [0.1, 0.15) is 12.6 Å². The second-order valence-corrected chi connectivity index (χ2v) is 5.16. The van der Waals surface area contributed by atoms with Crippen LogP contribution in [0.5, 0.6) is 0 Å². The van der Waals surface area contributed by atoms with Crippen molar-refractivity contribution in [2.45, 2.75) is 13.3 Å². The van der Waals surface area contributed by atoms with E-state index >= 15 is 0 Å². The van der Waals surface area contributed by atoms with Crippen molar-refractivity contribution < 1.29 is 0 Å². The highest BCUT2D eigenvalue weighted by Crippen LogP contribution is 2.22. The standard InChI is InChI=1S/C12H10BrClN2S/c1-2-9-10(13)12(17)16-11(15-9)7-3-5-8(14)6-4-7/h3-6H,2H2,1H3,(H,15,16,17). The van der Waals surface area contributed by atoms with E-state index in [1.807, 2.05) is 24.3 Å². The molecule has 0 atom stereocenters. The first-order valence-electron chi connectivity index (χ1n) is 5.16. The van der Waals surface area contributed by atoms with E-state index < -0.39 is 0 Å². The Morgan fingerprint density at radius 2 is 2.00 bits per heavy atom. The van der Waals surface area contributed by atoms with Gasteiger partial charge in [0.25, 0.3) is 0 Å². The molecular formula is C12H10BrClN2S. The fraction of sp³-hybridized carbons (Fsp3) is 0.167. The SMILES string of the molecule is CCc1[nH]c(-c2ccc(Cl)cc2)nc(=S)c1Br. The second kappa shape index (κ2) is 5.29. The number of aromatic amines is 1. The van der Waals surface area contributed by atoms with E-state index in [1.54, 1.807) is 0 Å². The van der Waals surface area contributed by atoms with Crippen LogP contribution in [0.2, 0.25) is 5.02 Å². The van der Waals surface area contributed by atoms with Crippen LogP contribution in [-0.2, 0) is 6.42 Å². The summed E-state index contributed by atoms with van der Waals surface area (Å²) >= 11 is 14.5. The molecule has 5 heteroatoms. The molecule has 0 bridgehead atoms. The molecule has 0 saturated heterocycles. The Bertz CT molecular complexity index is 592. The molecular weight excluding hydrogens is 320 g/mol. The minimum absolute atomic E-state index is 0.575. The first-order valence-corrected chi connectivity index (χ1v) is 6.74. The fourth-order valence-corrected chi connectivity index (χ4v) is 2.30. The van der Waals surface area contributed by atoms with Gasteiger partial charge in [-0.25, -0.2) is 4.98 Å². The van der Waals surface area contributed by atoms with Gasteiger partial charge in [-0.05, 0) is 46.6 Å². The zero-order chi connectivity index (χ0) is 12.4. The van der Waals surface area contributed by atoms with Crippen LogP contribution in [0.15, 0.2) is 28.7 Å². The van der Waals surface area contributed by atoms with Crippen molar-refractivity contribution in [3.63, 3.8) is 0 Å². The molecule has 0 unspecified atom stereocenters. The Kier molecular flexibility index (Phi) is 3.97. The number of H-pyrrole nitrogens is 1. The van der Waals surface area contributed by atoms with E-state index in [4.69, 9.17) is 23.8 Å². The molecule has 0 aliphatic heterocycles. The van der Waals surface area contributed by atoms with Crippen LogP contribution in [0, 0.1) is 4.64 Å². The van der Waals surface area contributed by atoms with Crippen molar-refractivity contribution in [3.05, 3.63) is 44.1 Å². The third-order valence-corrected chi connectivity index (χ3v) is 4.07. The predicted molar refractivity (Wildman–Crippen MR) is 76.9 cm³/mol. The van der Waals surface area contributed by atoms with Crippen molar-refractivity contribution >= 4 is 39.7 Å². The van der Waals surface area contributed by atoms with Crippen molar-refractivity contribution in [2.24, 2.45) is 0 Å². The number of hydrogen-bond donors (Lipinski definition) is 1. The summed E-state index contributed by atoms with van der Waals surface area (Å²) in [7, 11) is 0. The number of halogens is 2. The van der Waals surface area contributed by atoms with Gasteiger partial charge in [0.15, 0.2) is 0 Å². The molecule has 2 nitrogen and oxygen atoms in total. The molecule has 2 aromatic rings. The minimum Gasteiger partial charge on any atom is -0.342 e. The average molecular weight is 330 g/mol. The molecule has 1 heterocycles. The lowest BCUT2D eigenvalue weighted by atomic mass is 10.2. The lowest BCUT2D eigenvalue weighted by Crippen LogP contribution is -1.97. The van der Waals surface area contributed by atoms with E-state index in [0.29, 0.717) is 9.66 Å². The highest BCUT2D eigenvalue weighted by molar-refractivity contribution is 9.10. The van der Waals surface area contributed by atoms with Gasteiger partial charge in [-0.3, -0.25) is 0 Å². The number of aromatic nitrogens is 2. The van der Waals surface area contributed by atoms with Crippen LogP contribution >= 0.6 is 39.7 Å². The van der Waals surface area contributed by atoms with Gasteiger partial charge in [0.2, 0.25) is 0 Å². The van der Waals surface area contributed by atoms with Gasteiger partial charge in [-0.1, -0.05) is 30.7 Å². The molecule has 0 aliphatic rings. The topological polar surface area (TPSA) is 28.7 Å². The first kappa shape index (κ1) is 12.7. The molecule has 0 aliphatic carbocycles. The fourth-order valence-electron chi connectivity index (χ4n) is 1.49. The Balaban J connectivity index is 2.56. The van der Waals surface area contributed by atoms with Crippen LogP contribution < -0.4 is 0 Å². The summed E-state index contributed by atoms with van der Waals surface area (Å²) in [6.07, 6.45) is 0.868. The molecule has 0 radical (unpaired) electrons. The molecule has 2 rings (SSSR count). The number of rotatable bonds is 2. The van der Waals surface area contributed by atoms with Gasteiger partial charge in [0, 0.05) is 16.3 Å². The molecule has 1 aromatic heterocycles. The third kappa shape index (κ3) is 2.76. The molecule has 88 valence electrons. The Morgan fingerprint density at radius 3 is 2.59 bits per heavy atom. The lowest BCUT2D eigenvalue weighted by Gasteiger charge is -2.06. The zero-order valence-electron chi connectivity index (χ0n) is 9.13. The quantitative estimate of drug-likeness (QED) is 0.803. The summed E-state index contributed by atoms with van der Waals surface area (Å²) in [6, 6.07) is 7.51. The normalized spacial score (nSPS) is 10.5. The smallest absolute Gasteiger partial charge is 0.144 e. The summed E-state index contributed by atoms with van der Waals surface area (Å²) in [4.78, 5) is 7.62. The van der Waals surface area contributed by atoms with E-state index in [2.05, 4.69) is 32.8 Å². The highest BCUT2D eigenvalue weighted by atomic mass is 79.9. The molecule has 17 heavy (non-hydrogen) atoms. The minimum atomic E-state index is 0.575. The van der Waals surface area contributed by atoms with E-state index in [9.17, 15) is 0 Å². The second-order valence-electron chi connectivity index (χ2n) is 3.54. The molecule has 0 spiro atoms. The van der Waals surface area contributed by atoms with Crippen LogP contribution in [-0.4, -0.2) is 9.97 Å². The van der Waals surface area contributed by atoms with Gasteiger partial charge in [-0.2, -0.15) is 0 Å². The number of aryl methyl sites for hydroxylation is 1. The van der Waals surface area contributed by atoms with Crippen LogP contribution in [0.3, 0.4) is 0 Å². The zero-order valence-corrected chi connectivity index (χ0v) is 12.3. The maximum Gasteiger partial charge on any atom is 0.144 e. The summed E-state index contributed by atoms with van der Waals surface area (Å²) in [6.45, 7) is 2.07. The number of hydrogen-bond acceptors (Lipinski definition) is 2. The molecule has 0 fully saturated rings. The summed E-state index contributed by atoms with van der Waals surface area (Å²) in [5.74, 6) is 0.770. The molecule has 0 saturated carbocycles. The van der Waals surface area contributed by atoms with Gasteiger partial charge in [0.1, 0.15) is 10.5 Å². The van der Waals surface area contributed by atoms with E-state index in [1.165, 1.54) is 0 Å². The third-order valence-electron chi connectivity index (χ3n) is 2.41. The number of benzene rings is 1. The molecule has 0 amide bonds. The van der Waals surface area contributed by atoms with Crippen molar-refractivity contribution in [3.8, 4) is 11.4 Å². The summed E-state index contributed by atoms with van der Waals surface area (Å²) in [5.41, 5.74) is 2.03. The van der Waals surface area contributed by atoms with E-state index in [0.717, 1.165) is 28.0 Å². The lowest BCUT2D eigenvalue weighted by molar-refractivity contribution is 0.984. The van der Waals surface area contributed by atoms with Crippen molar-refractivity contribution in [1.82, 2.24) is 9.97 Å². The largest absolute Gasteiger partial charge is 0.342 e. The van der Waals surface area contributed by atoms with Crippen molar-refractivity contribution in [1.29, 1.82) is 0 Å². The first-order chi connectivity index (χ1) is 8.11. The van der Waals surface area contributed by atoms with Crippen LogP contribution in [0.4, 0.5) is 0 Å². The summed E-state index contributed by atoms with van der Waals surface area (Å²) in [5, 5.41) is 0.708. The van der Waals surface area contributed by atoms with Gasteiger partial charge >= 0.3 is 0 Å². The maximum atomic E-state index is 5.86. The van der Waals surface area contributed by atoms with Gasteiger partial charge in [-0.15, -0.1) is 0 Å².